The monoisotopic (exact) mass is 253 g/mol. The van der Waals surface area contributed by atoms with Crippen molar-refractivity contribution >= 4 is 5.69 Å². The second-order valence-electron chi connectivity index (χ2n) is 6.23. The van der Waals surface area contributed by atoms with Crippen molar-refractivity contribution in [2.75, 3.05) is 11.9 Å². The smallest absolute Gasteiger partial charge is 0.0951 e. The minimum Gasteiger partial charge on any atom is -0.384 e. The number of para-hydroxylation sites is 1. The van der Waals surface area contributed by atoms with E-state index in [1.165, 1.54) is 35.3 Å². The minimum absolute atomic E-state index is 0.501. The molecule has 2 aliphatic rings. The Morgan fingerprint density at radius 3 is 3.11 bits per heavy atom. The Labute approximate surface area is 113 Å². The number of fused-ring (bicyclic) bond motifs is 1. The summed E-state index contributed by atoms with van der Waals surface area (Å²) >= 11 is 0. The summed E-state index contributed by atoms with van der Waals surface area (Å²) in [5, 5.41) is 3.52. The van der Waals surface area contributed by atoms with Crippen LogP contribution in [-0.2, 0) is 13.0 Å². The van der Waals surface area contributed by atoms with E-state index in [1.807, 2.05) is 12.5 Å². The third-order valence-corrected chi connectivity index (χ3v) is 4.49. The molecule has 1 aromatic carbocycles. The lowest BCUT2D eigenvalue weighted by atomic mass is 10.0. The van der Waals surface area contributed by atoms with Crippen LogP contribution in [-0.4, -0.2) is 16.1 Å². The van der Waals surface area contributed by atoms with Crippen LogP contribution in [0.25, 0.3) is 11.3 Å². The zero-order valence-corrected chi connectivity index (χ0v) is 11.3. The van der Waals surface area contributed by atoms with Gasteiger partial charge in [-0.1, -0.05) is 25.1 Å². The Balaban J connectivity index is 1.77. The number of imidazole rings is 1. The molecule has 0 bridgehead atoms. The first-order valence-corrected chi connectivity index (χ1v) is 7.11. The molecule has 0 spiro atoms. The minimum atomic E-state index is 0.501. The van der Waals surface area contributed by atoms with E-state index in [0.29, 0.717) is 5.41 Å². The lowest BCUT2D eigenvalue weighted by Crippen LogP contribution is -2.08. The molecule has 2 aromatic rings. The van der Waals surface area contributed by atoms with Gasteiger partial charge in [-0.15, -0.1) is 0 Å². The van der Waals surface area contributed by atoms with Gasteiger partial charge in [-0.05, 0) is 30.2 Å². The summed E-state index contributed by atoms with van der Waals surface area (Å²) < 4.78 is 2.32. The van der Waals surface area contributed by atoms with Gasteiger partial charge in [0.05, 0.1) is 18.2 Å². The molecule has 1 aliphatic heterocycles. The van der Waals surface area contributed by atoms with Gasteiger partial charge in [0.2, 0.25) is 0 Å². The lowest BCUT2D eigenvalue weighted by Gasteiger charge is -2.15. The molecule has 98 valence electrons. The Hall–Kier alpha value is -1.77. The molecule has 1 aliphatic carbocycles. The first-order chi connectivity index (χ1) is 9.25. The van der Waals surface area contributed by atoms with Gasteiger partial charge in [0.25, 0.3) is 0 Å². The number of hydrogen-bond acceptors (Lipinski definition) is 2. The van der Waals surface area contributed by atoms with Crippen LogP contribution in [0.5, 0.6) is 0 Å². The number of nitrogens with one attached hydrogen (secondary N) is 1. The van der Waals surface area contributed by atoms with Crippen molar-refractivity contribution < 1.29 is 0 Å². The Kier molecular flexibility index (Phi) is 2.25. The highest BCUT2D eigenvalue weighted by atomic mass is 15.1. The van der Waals surface area contributed by atoms with Gasteiger partial charge >= 0.3 is 0 Å². The molecule has 3 heteroatoms. The van der Waals surface area contributed by atoms with Crippen LogP contribution < -0.4 is 5.32 Å². The summed E-state index contributed by atoms with van der Waals surface area (Å²) in [6.45, 7) is 4.51. The molecular formula is C16H19N3. The molecule has 2 heterocycles. The lowest BCUT2D eigenvalue weighted by molar-refractivity contribution is 0.467. The van der Waals surface area contributed by atoms with E-state index in [1.54, 1.807) is 0 Å². The van der Waals surface area contributed by atoms with Crippen molar-refractivity contribution in [3.63, 3.8) is 0 Å². The maximum atomic E-state index is 4.37. The van der Waals surface area contributed by atoms with E-state index in [0.717, 1.165) is 19.5 Å². The summed E-state index contributed by atoms with van der Waals surface area (Å²) in [5.41, 5.74) is 5.80. The Morgan fingerprint density at radius 2 is 2.26 bits per heavy atom. The van der Waals surface area contributed by atoms with Crippen LogP contribution in [0.2, 0.25) is 0 Å². The Morgan fingerprint density at radius 1 is 1.37 bits per heavy atom. The summed E-state index contributed by atoms with van der Waals surface area (Å²) in [6, 6.07) is 6.60. The second-order valence-corrected chi connectivity index (χ2v) is 6.23. The fourth-order valence-electron chi connectivity index (χ4n) is 3.01. The second kappa shape index (κ2) is 3.86. The van der Waals surface area contributed by atoms with Gasteiger partial charge in [-0.3, -0.25) is 0 Å². The van der Waals surface area contributed by atoms with E-state index in [9.17, 15) is 0 Å². The number of hydrogen-bond donors (Lipinski definition) is 1. The summed E-state index contributed by atoms with van der Waals surface area (Å²) in [7, 11) is 0. The predicted molar refractivity (Wildman–Crippen MR) is 77.2 cm³/mol. The molecule has 1 saturated carbocycles. The zero-order chi connectivity index (χ0) is 12.9. The number of nitrogens with zero attached hydrogens (tertiary/aromatic N) is 2. The number of anilines is 1. The molecule has 1 aromatic heterocycles. The highest BCUT2D eigenvalue weighted by Crippen LogP contribution is 2.47. The molecule has 0 saturated heterocycles. The van der Waals surface area contributed by atoms with Crippen molar-refractivity contribution in [3.8, 4) is 11.3 Å². The third kappa shape index (κ3) is 1.84. The quantitative estimate of drug-likeness (QED) is 0.909. The van der Waals surface area contributed by atoms with Crippen molar-refractivity contribution in [2.24, 2.45) is 5.41 Å². The molecule has 0 radical (unpaired) electrons. The van der Waals surface area contributed by atoms with E-state index < -0.39 is 0 Å². The van der Waals surface area contributed by atoms with Gasteiger partial charge in [0.1, 0.15) is 0 Å². The molecule has 1 fully saturated rings. The molecule has 3 nitrogen and oxygen atoms in total. The van der Waals surface area contributed by atoms with Crippen molar-refractivity contribution in [3.05, 3.63) is 36.3 Å². The SMILES string of the molecule is CC1(Cn2cncc2-c2cccc3c2NCC3)CC1. The highest BCUT2D eigenvalue weighted by molar-refractivity contribution is 5.79. The maximum absolute atomic E-state index is 4.37. The largest absolute Gasteiger partial charge is 0.384 e. The fourth-order valence-corrected chi connectivity index (χ4v) is 3.01. The van der Waals surface area contributed by atoms with E-state index in [2.05, 4.69) is 40.0 Å². The molecule has 1 N–H and O–H groups in total. The molecular weight excluding hydrogens is 234 g/mol. The molecule has 4 rings (SSSR count). The first-order valence-electron chi connectivity index (χ1n) is 7.11. The number of benzene rings is 1. The van der Waals surface area contributed by atoms with E-state index in [4.69, 9.17) is 0 Å². The average Bonchev–Trinajstić information content (AvgIpc) is 2.85. The normalized spacial score (nSPS) is 19.0. The predicted octanol–water partition coefficient (Wildman–Crippen LogP) is 3.32. The number of rotatable bonds is 3. The van der Waals surface area contributed by atoms with Gasteiger partial charge in [0, 0.05) is 24.3 Å². The first kappa shape index (κ1) is 11.1. The molecule has 0 amide bonds. The van der Waals surface area contributed by atoms with Crippen molar-refractivity contribution in [1.29, 1.82) is 0 Å². The maximum Gasteiger partial charge on any atom is 0.0951 e. The van der Waals surface area contributed by atoms with Crippen LogP contribution in [0.15, 0.2) is 30.7 Å². The Bertz CT molecular complexity index is 623. The molecule has 0 atom stereocenters. The van der Waals surface area contributed by atoms with Gasteiger partial charge in [-0.2, -0.15) is 0 Å². The molecule has 19 heavy (non-hydrogen) atoms. The molecule has 0 unspecified atom stereocenters. The van der Waals surface area contributed by atoms with Crippen molar-refractivity contribution in [1.82, 2.24) is 9.55 Å². The average molecular weight is 253 g/mol. The van der Waals surface area contributed by atoms with Crippen LogP contribution in [0.1, 0.15) is 25.3 Å². The van der Waals surface area contributed by atoms with E-state index in [-0.39, 0.29) is 0 Å². The van der Waals surface area contributed by atoms with Gasteiger partial charge in [-0.25, -0.2) is 4.98 Å². The van der Waals surface area contributed by atoms with Crippen LogP contribution in [0, 0.1) is 5.41 Å². The van der Waals surface area contributed by atoms with Crippen LogP contribution >= 0.6 is 0 Å². The van der Waals surface area contributed by atoms with Gasteiger partial charge in [0.15, 0.2) is 0 Å². The number of aromatic nitrogens is 2. The van der Waals surface area contributed by atoms with Crippen molar-refractivity contribution in [2.45, 2.75) is 32.7 Å². The van der Waals surface area contributed by atoms with Gasteiger partial charge < -0.3 is 9.88 Å². The van der Waals surface area contributed by atoms with E-state index >= 15 is 0 Å². The topological polar surface area (TPSA) is 29.9 Å². The summed E-state index contributed by atoms with van der Waals surface area (Å²) in [4.78, 5) is 4.37. The zero-order valence-electron chi connectivity index (χ0n) is 11.3. The standard InChI is InChI=1S/C16H19N3/c1-16(6-7-16)10-19-11-17-9-14(19)13-4-2-3-12-5-8-18-15(12)13/h2-4,9,11,18H,5-8,10H2,1H3. The third-order valence-electron chi connectivity index (χ3n) is 4.49. The van der Waals surface area contributed by atoms with Crippen LogP contribution in [0.4, 0.5) is 5.69 Å². The van der Waals surface area contributed by atoms with Crippen LogP contribution in [0.3, 0.4) is 0 Å². The fraction of sp³-hybridized carbons (Fsp3) is 0.438. The summed E-state index contributed by atoms with van der Waals surface area (Å²) in [6.07, 6.45) is 7.80. The highest BCUT2D eigenvalue weighted by Gasteiger charge is 2.38. The summed E-state index contributed by atoms with van der Waals surface area (Å²) in [5.74, 6) is 0.